The van der Waals surface area contributed by atoms with Crippen molar-refractivity contribution in [2.75, 3.05) is 11.9 Å². The van der Waals surface area contributed by atoms with E-state index in [9.17, 15) is 5.11 Å². The van der Waals surface area contributed by atoms with Crippen LogP contribution in [0.25, 0.3) is 0 Å². The monoisotopic (exact) mass is 288 g/mol. The summed E-state index contributed by atoms with van der Waals surface area (Å²) in [5.74, 6) is 1.51. The molecule has 1 saturated carbocycles. The number of anilines is 1. The first-order valence-corrected chi connectivity index (χ1v) is 6.30. The molecule has 0 bridgehead atoms. The lowest BCUT2D eigenvalue weighted by Crippen LogP contribution is -2.27. The molecular formula is C10H17BrN4O. The highest BCUT2D eigenvalue weighted by Gasteiger charge is 2.23. The second-order valence-electron chi connectivity index (χ2n) is 5.00. The predicted octanol–water partition coefficient (Wildman–Crippen LogP) is 1.63. The molecule has 0 saturated heterocycles. The van der Waals surface area contributed by atoms with E-state index in [-0.39, 0.29) is 0 Å². The fourth-order valence-electron chi connectivity index (χ4n) is 1.48. The van der Waals surface area contributed by atoms with Gasteiger partial charge < -0.3 is 10.4 Å². The highest BCUT2D eigenvalue weighted by atomic mass is 79.9. The Morgan fingerprint density at radius 3 is 2.81 bits per heavy atom. The molecule has 0 spiro atoms. The fraction of sp³-hybridized carbons (Fsp3) is 0.800. The van der Waals surface area contributed by atoms with Crippen LogP contribution in [0.5, 0.6) is 0 Å². The van der Waals surface area contributed by atoms with E-state index in [0.29, 0.717) is 11.3 Å². The Kier molecular flexibility index (Phi) is 3.21. The third-order valence-corrected chi connectivity index (χ3v) is 2.76. The number of nitrogens with one attached hydrogen (secondary N) is 1. The standard InChI is InChI=1S/C10H17BrN4O/c1-10(2,16)6-15-9(13-8(11)14-15)12-5-7-3-4-7/h7,16H,3-6H2,1-2H3,(H,12,13,14). The zero-order valence-corrected chi connectivity index (χ0v) is 11.2. The quantitative estimate of drug-likeness (QED) is 0.865. The first-order valence-electron chi connectivity index (χ1n) is 5.51. The minimum atomic E-state index is -0.789. The van der Waals surface area contributed by atoms with Crippen LogP contribution in [-0.4, -0.2) is 32.0 Å². The van der Waals surface area contributed by atoms with Crippen LogP contribution in [0, 0.1) is 5.92 Å². The average molecular weight is 289 g/mol. The maximum atomic E-state index is 9.76. The van der Waals surface area contributed by atoms with Crippen LogP contribution in [0.4, 0.5) is 5.95 Å². The highest BCUT2D eigenvalue weighted by Crippen LogP contribution is 2.28. The lowest BCUT2D eigenvalue weighted by molar-refractivity contribution is 0.0582. The summed E-state index contributed by atoms with van der Waals surface area (Å²) in [4.78, 5) is 4.24. The van der Waals surface area contributed by atoms with E-state index in [1.54, 1.807) is 18.5 Å². The van der Waals surface area contributed by atoms with Gasteiger partial charge in [0.05, 0.1) is 12.1 Å². The van der Waals surface area contributed by atoms with Crippen molar-refractivity contribution in [3.8, 4) is 0 Å². The van der Waals surface area contributed by atoms with Crippen molar-refractivity contribution >= 4 is 21.9 Å². The number of aromatic nitrogens is 3. The summed E-state index contributed by atoms with van der Waals surface area (Å²) in [5.41, 5.74) is -0.789. The molecule has 0 atom stereocenters. The third-order valence-electron chi connectivity index (χ3n) is 2.43. The number of halogens is 1. The van der Waals surface area contributed by atoms with Crippen LogP contribution >= 0.6 is 15.9 Å². The first-order chi connectivity index (χ1) is 7.44. The average Bonchev–Trinajstić information content (AvgIpc) is 2.87. The van der Waals surface area contributed by atoms with Gasteiger partial charge in [0.15, 0.2) is 0 Å². The van der Waals surface area contributed by atoms with E-state index in [2.05, 4.69) is 31.3 Å². The molecule has 2 rings (SSSR count). The molecule has 1 aromatic rings. The van der Waals surface area contributed by atoms with Gasteiger partial charge in [-0.3, -0.25) is 0 Å². The molecule has 1 fully saturated rings. The van der Waals surface area contributed by atoms with Crippen molar-refractivity contribution in [2.24, 2.45) is 5.92 Å². The van der Waals surface area contributed by atoms with Crippen molar-refractivity contribution in [1.82, 2.24) is 14.8 Å². The zero-order chi connectivity index (χ0) is 11.8. The van der Waals surface area contributed by atoms with E-state index in [1.807, 2.05) is 0 Å². The molecular weight excluding hydrogens is 272 g/mol. The molecule has 90 valence electrons. The first kappa shape index (κ1) is 11.9. The van der Waals surface area contributed by atoms with Crippen LogP contribution < -0.4 is 5.32 Å². The van der Waals surface area contributed by atoms with Crippen molar-refractivity contribution in [3.05, 3.63) is 4.73 Å². The Bertz CT molecular complexity index is 367. The number of nitrogens with zero attached hydrogens (tertiary/aromatic N) is 3. The number of rotatable bonds is 5. The minimum absolute atomic E-state index is 0.429. The van der Waals surface area contributed by atoms with Crippen LogP contribution in [0.15, 0.2) is 4.73 Å². The Morgan fingerprint density at radius 1 is 1.56 bits per heavy atom. The lowest BCUT2D eigenvalue weighted by atomic mass is 10.1. The summed E-state index contributed by atoms with van der Waals surface area (Å²) in [6, 6.07) is 0. The van der Waals surface area contributed by atoms with Gasteiger partial charge in [-0.2, -0.15) is 4.98 Å². The molecule has 0 unspecified atom stereocenters. The van der Waals surface area contributed by atoms with Crippen LogP contribution in [0.3, 0.4) is 0 Å². The summed E-state index contributed by atoms with van der Waals surface area (Å²) in [5, 5.41) is 17.2. The predicted molar refractivity (Wildman–Crippen MR) is 65.2 cm³/mol. The number of hydrogen-bond acceptors (Lipinski definition) is 4. The van der Waals surface area contributed by atoms with Gasteiger partial charge in [0.2, 0.25) is 10.7 Å². The van der Waals surface area contributed by atoms with Gasteiger partial charge in [-0.15, -0.1) is 5.10 Å². The maximum Gasteiger partial charge on any atom is 0.222 e. The van der Waals surface area contributed by atoms with Gasteiger partial charge >= 0.3 is 0 Å². The molecule has 1 aliphatic carbocycles. The van der Waals surface area contributed by atoms with Crippen molar-refractivity contribution in [2.45, 2.75) is 38.8 Å². The minimum Gasteiger partial charge on any atom is -0.389 e. The summed E-state index contributed by atoms with van der Waals surface area (Å²) in [7, 11) is 0. The van der Waals surface area contributed by atoms with Crippen molar-refractivity contribution in [1.29, 1.82) is 0 Å². The van der Waals surface area contributed by atoms with Gasteiger partial charge in [-0.25, -0.2) is 4.68 Å². The smallest absolute Gasteiger partial charge is 0.222 e. The summed E-state index contributed by atoms with van der Waals surface area (Å²) in [6.45, 7) is 4.89. The van der Waals surface area contributed by atoms with Crippen molar-refractivity contribution in [3.63, 3.8) is 0 Å². The molecule has 0 amide bonds. The normalized spacial score (nSPS) is 16.5. The molecule has 6 heteroatoms. The van der Waals surface area contributed by atoms with E-state index in [0.717, 1.165) is 18.4 Å². The van der Waals surface area contributed by atoms with Gasteiger partial charge in [0, 0.05) is 6.54 Å². The van der Waals surface area contributed by atoms with E-state index >= 15 is 0 Å². The summed E-state index contributed by atoms with van der Waals surface area (Å²) >= 11 is 3.25. The molecule has 0 aromatic carbocycles. The molecule has 1 heterocycles. The Morgan fingerprint density at radius 2 is 2.25 bits per heavy atom. The maximum absolute atomic E-state index is 9.76. The summed E-state index contributed by atoms with van der Waals surface area (Å²) < 4.78 is 2.25. The van der Waals surface area contributed by atoms with Gasteiger partial charge in [0.1, 0.15) is 0 Å². The highest BCUT2D eigenvalue weighted by molar-refractivity contribution is 9.10. The Hall–Kier alpha value is -0.620. The number of hydrogen-bond donors (Lipinski definition) is 2. The molecule has 0 aliphatic heterocycles. The van der Waals surface area contributed by atoms with Crippen molar-refractivity contribution < 1.29 is 5.11 Å². The molecule has 5 nitrogen and oxygen atoms in total. The second kappa shape index (κ2) is 4.33. The number of aliphatic hydroxyl groups is 1. The fourth-order valence-corrected chi connectivity index (χ4v) is 1.84. The lowest BCUT2D eigenvalue weighted by Gasteiger charge is -2.18. The van der Waals surface area contributed by atoms with E-state index in [1.165, 1.54) is 12.8 Å². The molecule has 1 aliphatic rings. The topological polar surface area (TPSA) is 63.0 Å². The molecule has 1 aromatic heterocycles. The van der Waals surface area contributed by atoms with Gasteiger partial charge in [-0.1, -0.05) is 0 Å². The van der Waals surface area contributed by atoms with Crippen LogP contribution in [0.2, 0.25) is 0 Å². The zero-order valence-electron chi connectivity index (χ0n) is 9.57. The SMILES string of the molecule is CC(C)(O)Cn1nc(Br)nc1NCC1CC1. The third kappa shape index (κ3) is 3.45. The summed E-state index contributed by atoms with van der Waals surface area (Å²) in [6.07, 6.45) is 2.60. The Labute approximate surface area is 103 Å². The van der Waals surface area contributed by atoms with E-state index in [4.69, 9.17) is 0 Å². The van der Waals surface area contributed by atoms with Gasteiger partial charge in [0.25, 0.3) is 0 Å². The molecule has 0 radical (unpaired) electrons. The molecule has 2 N–H and O–H groups in total. The molecule has 16 heavy (non-hydrogen) atoms. The van der Waals surface area contributed by atoms with Gasteiger partial charge in [-0.05, 0) is 48.5 Å². The van der Waals surface area contributed by atoms with Crippen LogP contribution in [-0.2, 0) is 6.54 Å². The van der Waals surface area contributed by atoms with E-state index < -0.39 is 5.60 Å². The van der Waals surface area contributed by atoms with Crippen LogP contribution in [0.1, 0.15) is 26.7 Å². The second-order valence-corrected chi connectivity index (χ2v) is 5.71. The largest absolute Gasteiger partial charge is 0.389 e. The Balaban J connectivity index is 2.03.